The number of thioether (sulfide) groups is 1. The monoisotopic (exact) mass is 575 g/mol. The van der Waals surface area contributed by atoms with E-state index in [1.807, 2.05) is 67.6 Å². The molecule has 0 radical (unpaired) electrons. The molecule has 7 heteroatoms. The number of hydrogen-bond acceptors (Lipinski definition) is 5. The molecule has 5 rings (SSSR count). The van der Waals surface area contributed by atoms with Gasteiger partial charge in [0.25, 0.3) is 5.91 Å². The van der Waals surface area contributed by atoms with Crippen LogP contribution in [0.3, 0.4) is 0 Å². The highest BCUT2D eigenvalue weighted by molar-refractivity contribution is 9.10. The number of carbonyl (C=O) groups is 1. The van der Waals surface area contributed by atoms with Gasteiger partial charge in [0.15, 0.2) is 15.8 Å². The van der Waals surface area contributed by atoms with Gasteiger partial charge in [0.2, 0.25) is 0 Å². The molecule has 1 aliphatic heterocycles. The summed E-state index contributed by atoms with van der Waals surface area (Å²) < 4.78 is 13.4. The van der Waals surface area contributed by atoms with Crippen LogP contribution in [0.2, 0.25) is 0 Å². The lowest BCUT2D eigenvalue weighted by Crippen LogP contribution is -2.27. The van der Waals surface area contributed by atoms with E-state index in [0.717, 1.165) is 21.3 Å². The molecular weight excluding hydrogens is 554 g/mol. The molecule has 1 heterocycles. The molecule has 4 aromatic rings. The van der Waals surface area contributed by atoms with Gasteiger partial charge in [-0.3, -0.25) is 9.69 Å². The number of nitrogens with zero attached hydrogens (tertiary/aromatic N) is 1. The Kier molecular flexibility index (Phi) is 7.41. The lowest BCUT2D eigenvalue weighted by molar-refractivity contribution is -0.113. The summed E-state index contributed by atoms with van der Waals surface area (Å²) in [5.41, 5.74) is 2.64. The summed E-state index contributed by atoms with van der Waals surface area (Å²) in [6, 6.07) is 27.8. The molecule has 0 atom stereocenters. The van der Waals surface area contributed by atoms with Gasteiger partial charge in [-0.05, 0) is 81.2 Å². The topological polar surface area (TPSA) is 38.8 Å². The number of carbonyl (C=O) groups excluding carboxylic acids is 1. The van der Waals surface area contributed by atoms with Gasteiger partial charge in [0, 0.05) is 0 Å². The minimum Gasteiger partial charge on any atom is -0.490 e. The number of fused-ring (bicyclic) bond motifs is 1. The highest BCUT2D eigenvalue weighted by Crippen LogP contribution is 2.40. The van der Waals surface area contributed by atoms with Crippen molar-refractivity contribution < 1.29 is 14.3 Å². The van der Waals surface area contributed by atoms with Crippen LogP contribution in [0, 0.1) is 0 Å². The molecule has 0 saturated carbocycles. The molecule has 1 aliphatic rings. The summed E-state index contributed by atoms with van der Waals surface area (Å²) in [7, 11) is 0. The van der Waals surface area contributed by atoms with Crippen LogP contribution in [0.1, 0.15) is 18.1 Å². The smallest absolute Gasteiger partial charge is 0.270 e. The third-order valence-corrected chi connectivity index (χ3v) is 7.53. The second-order valence-electron chi connectivity index (χ2n) is 8.09. The van der Waals surface area contributed by atoms with E-state index in [9.17, 15) is 4.79 Å². The molecule has 0 aromatic heterocycles. The second kappa shape index (κ2) is 10.9. The number of halogens is 1. The van der Waals surface area contributed by atoms with Crippen molar-refractivity contribution in [3.05, 3.63) is 105 Å². The fourth-order valence-corrected chi connectivity index (χ4v) is 5.85. The van der Waals surface area contributed by atoms with E-state index >= 15 is 0 Å². The Morgan fingerprint density at radius 3 is 2.47 bits per heavy atom. The Morgan fingerprint density at radius 2 is 1.69 bits per heavy atom. The molecule has 4 nitrogen and oxygen atoms in total. The fraction of sp³-hybridized carbons (Fsp3) is 0.103. The largest absolute Gasteiger partial charge is 0.490 e. The molecule has 1 saturated heterocycles. The van der Waals surface area contributed by atoms with Crippen LogP contribution >= 0.6 is 39.9 Å². The zero-order valence-corrected chi connectivity index (χ0v) is 22.7. The third kappa shape index (κ3) is 5.19. The number of benzene rings is 4. The van der Waals surface area contributed by atoms with Gasteiger partial charge in [-0.2, -0.15) is 0 Å². The average molecular weight is 577 g/mol. The summed E-state index contributed by atoms with van der Waals surface area (Å²) >= 11 is 10.4. The van der Waals surface area contributed by atoms with E-state index in [0.29, 0.717) is 33.9 Å². The number of rotatable bonds is 7. The molecule has 1 fully saturated rings. The molecule has 1 amide bonds. The predicted octanol–water partition coefficient (Wildman–Crippen LogP) is 7.99. The number of amides is 1. The van der Waals surface area contributed by atoms with Gasteiger partial charge < -0.3 is 9.47 Å². The van der Waals surface area contributed by atoms with Crippen LogP contribution in [0.5, 0.6) is 11.5 Å². The Labute approximate surface area is 228 Å². The SMILES string of the molecule is CCOc1cc(/C=C2/SC(=S)N(c3ccccc3)C2=O)cc(Br)c1OCc1ccc2ccccc2c1. The quantitative estimate of drug-likeness (QED) is 0.165. The van der Waals surface area contributed by atoms with Gasteiger partial charge in [0.05, 0.1) is 21.7 Å². The van der Waals surface area contributed by atoms with Gasteiger partial charge in [0.1, 0.15) is 6.61 Å². The average Bonchev–Trinajstić information content (AvgIpc) is 3.16. The van der Waals surface area contributed by atoms with Crippen LogP contribution in [0.25, 0.3) is 16.8 Å². The molecule has 0 aliphatic carbocycles. The number of anilines is 1. The van der Waals surface area contributed by atoms with Crippen LogP contribution in [-0.2, 0) is 11.4 Å². The van der Waals surface area contributed by atoms with E-state index in [1.165, 1.54) is 22.5 Å². The highest BCUT2D eigenvalue weighted by atomic mass is 79.9. The van der Waals surface area contributed by atoms with Crippen molar-refractivity contribution in [2.24, 2.45) is 0 Å². The first-order chi connectivity index (χ1) is 17.5. The first-order valence-corrected chi connectivity index (χ1v) is 13.4. The Hall–Kier alpha value is -3.13. The lowest BCUT2D eigenvalue weighted by Gasteiger charge is -2.15. The van der Waals surface area contributed by atoms with E-state index < -0.39 is 0 Å². The zero-order valence-electron chi connectivity index (χ0n) is 19.4. The number of thiocarbonyl (C=S) groups is 1. The van der Waals surface area contributed by atoms with Crippen LogP contribution < -0.4 is 14.4 Å². The van der Waals surface area contributed by atoms with Crippen molar-refractivity contribution >= 4 is 72.7 Å². The second-order valence-corrected chi connectivity index (χ2v) is 10.6. The molecule has 0 spiro atoms. The summed E-state index contributed by atoms with van der Waals surface area (Å²) in [6.07, 6.45) is 1.84. The van der Waals surface area contributed by atoms with Gasteiger partial charge in [-0.15, -0.1) is 0 Å². The predicted molar refractivity (Wildman–Crippen MR) is 156 cm³/mol. The first kappa shape index (κ1) is 24.6. The van der Waals surface area contributed by atoms with Crippen molar-refractivity contribution in [2.75, 3.05) is 11.5 Å². The highest BCUT2D eigenvalue weighted by Gasteiger charge is 2.33. The van der Waals surface area contributed by atoms with E-state index in [2.05, 4.69) is 46.3 Å². The zero-order chi connectivity index (χ0) is 25.1. The van der Waals surface area contributed by atoms with Gasteiger partial charge >= 0.3 is 0 Å². The molecule has 36 heavy (non-hydrogen) atoms. The summed E-state index contributed by atoms with van der Waals surface area (Å²) in [6.45, 7) is 2.82. The minimum atomic E-state index is -0.137. The van der Waals surface area contributed by atoms with Crippen LogP contribution in [0.15, 0.2) is 94.3 Å². The standard InChI is InChI=1S/C29H22BrNO3S2/c1-2-33-25-16-20(17-26-28(32)31(29(35)36-26)23-10-4-3-5-11-23)15-24(30)27(25)34-18-19-12-13-21-8-6-7-9-22(21)14-19/h3-17H,2,18H2,1H3/b26-17+. The molecule has 180 valence electrons. The van der Waals surface area contributed by atoms with Crippen molar-refractivity contribution in [3.63, 3.8) is 0 Å². The van der Waals surface area contributed by atoms with Crippen molar-refractivity contribution in [1.82, 2.24) is 0 Å². The minimum absolute atomic E-state index is 0.137. The maximum absolute atomic E-state index is 13.1. The Morgan fingerprint density at radius 1 is 0.944 bits per heavy atom. The normalized spacial score (nSPS) is 14.6. The van der Waals surface area contributed by atoms with Crippen LogP contribution in [-0.4, -0.2) is 16.8 Å². The molecule has 0 bridgehead atoms. The summed E-state index contributed by atoms with van der Waals surface area (Å²) in [5.74, 6) is 1.10. The van der Waals surface area contributed by atoms with Crippen LogP contribution in [0.4, 0.5) is 5.69 Å². The first-order valence-electron chi connectivity index (χ1n) is 11.4. The molecule has 4 aromatic carbocycles. The summed E-state index contributed by atoms with van der Waals surface area (Å²) in [4.78, 5) is 15.2. The van der Waals surface area contributed by atoms with E-state index in [4.69, 9.17) is 21.7 Å². The van der Waals surface area contributed by atoms with Crippen molar-refractivity contribution in [2.45, 2.75) is 13.5 Å². The molecular formula is C29H22BrNO3S2. The summed E-state index contributed by atoms with van der Waals surface area (Å²) in [5, 5.41) is 2.37. The Bertz CT molecular complexity index is 1490. The van der Waals surface area contributed by atoms with Crippen molar-refractivity contribution in [3.8, 4) is 11.5 Å². The number of ether oxygens (including phenoxy) is 2. The van der Waals surface area contributed by atoms with Crippen molar-refractivity contribution in [1.29, 1.82) is 0 Å². The van der Waals surface area contributed by atoms with E-state index in [1.54, 1.807) is 4.90 Å². The fourth-order valence-electron chi connectivity index (χ4n) is 3.98. The maximum Gasteiger partial charge on any atom is 0.270 e. The number of hydrogen-bond donors (Lipinski definition) is 0. The molecule has 0 N–H and O–H groups in total. The maximum atomic E-state index is 13.1. The lowest BCUT2D eigenvalue weighted by atomic mass is 10.1. The Balaban J connectivity index is 1.40. The van der Waals surface area contributed by atoms with Gasteiger partial charge in [-0.1, -0.05) is 78.6 Å². The number of para-hydroxylation sites is 1. The van der Waals surface area contributed by atoms with Gasteiger partial charge in [-0.25, -0.2) is 0 Å². The third-order valence-electron chi connectivity index (χ3n) is 5.63. The molecule has 0 unspecified atom stereocenters. The van der Waals surface area contributed by atoms with E-state index in [-0.39, 0.29) is 5.91 Å².